The number of rotatable bonds is 8. The average molecular weight is 314 g/mol. The molecule has 1 aromatic heterocycles. The lowest BCUT2D eigenvalue weighted by molar-refractivity contribution is -0.119. The lowest BCUT2D eigenvalue weighted by Gasteiger charge is -2.11. The summed E-state index contributed by atoms with van der Waals surface area (Å²) in [6.07, 6.45) is 4.08. The minimum atomic E-state index is -0.688. The fourth-order valence-corrected chi connectivity index (χ4v) is 2.45. The Bertz CT molecular complexity index is 720. The Morgan fingerprint density at radius 2 is 2.17 bits per heavy atom. The first-order valence-electron chi connectivity index (χ1n) is 7.75. The Hall–Kier alpha value is -2.63. The molecule has 0 saturated carbocycles. The highest BCUT2D eigenvalue weighted by molar-refractivity contribution is 6.06. The predicted octanol–water partition coefficient (Wildman–Crippen LogP) is 2.00. The highest BCUT2D eigenvalue weighted by Gasteiger charge is 2.21. The molecule has 0 saturated heterocycles. The van der Waals surface area contributed by atoms with E-state index < -0.39 is 11.9 Å². The quantitative estimate of drug-likeness (QED) is 0.577. The first kappa shape index (κ1) is 16.7. The minimum Gasteiger partial charge on any atom is -0.368 e. The van der Waals surface area contributed by atoms with Crippen LogP contribution in [0.2, 0.25) is 0 Å². The third-order valence-corrected chi connectivity index (χ3v) is 3.71. The summed E-state index contributed by atoms with van der Waals surface area (Å²) in [5.74, 6) is -0.926. The predicted molar refractivity (Wildman–Crippen MR) is 89.9 cm³/mol. The Balaban J connectivity index is 2.31. The summed E-state index contributed by atoms with van der Waals surface area (Å²) < 4.78 is 1.82. The Morgan fingerprint density at radius 3 is 2.83 bits per heavy atom. The molecule has 0 spiro atoms. The van der Waals surface area contributed by atoms with Crippen LogP contribution >= 0.6 is 0 Å². The molecule has 0 aliphatic rings. The van der Waals surface area contributed by atoms with Crippen molar-refractivity contribution in [3.63, 3.8) is 0 Å². The lowest BCUT2D eigenvalue weighted by atomic mass is 10.1. The SMILES string of the molecule is C=CCCCn1nc(C(=O)N[C@@H](CC)C(N)=O)c2ccccc21. The molecule has 6 nitrogen and oxygen atoms in total. The van der Waals surface area contributed by atoms with Gasteiger partial charge in [-0.2, -0.15) is 5.10 Å². The number of carbonyl (C=O) groups is 2. The molecule has 1 atom stereocenters. The van der Waals surface area contributed by atoms with Gasteiger partial charge in [0.25, 0.3) is 5.91 Å². The van der Waals surface area contributed by atoms with Crippen molar-refractivity contribution in [2.24, 2.45) is 5.73 Å². The summed E-state index contributed by atoms with van der Waals surface area (Å²) in [6.45, 7) is 6.20. The van der Waals surface area contributed by atoms with Crippen LogP contribution in [0, 0.1) is 0 Å². The molecular weight excluding hydrogens is 292 g/mol. The van der Waals surface area contributed by atoms with E-state index >= 15 is 0 Å². The number of amides is 2. The van der Waals surface area contributed by atoms with Crippen LogP contribution in [0.3, 0.4) is 0 Å². The van der Waals surface area contributed by atoms with Gasteiger partial charge in [-0.25, -0.2) is 0 Å². The van der Waals surface area contributed by atoms with Crippen molar-refractivity contribution in [1.82, 2.24) is 15.1 Å². The van der Waals surface area contributed by atoms with Gasteiger partial charge in [0.15, 0.2) is 5.69 Å². The van der Waals surface area contributed by atoms with Gasteiger partial charge >= 0.3 is 0 Å². The Morgan fingerprint density at radius 1 is 1.43 bits per heavy atom. The van der Waals surface area contributed by atoms with Gasteiger partial charge in [0.2, 0.25) is 5.91 Å². The number of nitrogens with two attached hydrogens (primary N) is 1. The summed E-state index contributed by atoms with van der Waals surface area (Å²) in [4.78, 5) is 23.8. The molecule has 122 valence electrons. The molecule has 0 radical (unpaired) electrons. The van der Waals surface area contributed by atoms with Gasteiger partial charge in [-0.05, 0) is 25.3 Å². The first-order valence-corrected chi connectivity index (χ1v) is 7.75. The number of aromatic nitrogens is 2. The van der Waals surface area contributed by atoms with E-state index in [1.807, 2.05) is 35.0 Å². The molecular formula is C17H22N4O2. The van der Waals surface area contributed by atoms with Crippen LogP contribution in [-0.2, 0) is 11.3 Å². The van der Waals surface area contributed by atoms with Gasteiger partial charge in [0.05, 0.1) is 5.52 Å². The number of nitrogens with zero attached hydrogens (tertiary/aromatic N) is 2. The number of benzene rings is 1. The van der Waals surface area contributed by atoms with Crippen LogP contribution in [0.15, 0.2) is 36.9 Å². The summed E-state index contributed by atoms with van der Waals surface area (Å²) >= 11 is 0. The fourth-order valence-electron chi connectivity index (χ4n) is 2.45. The third-order valence-electron chi connectivity index (χ3n) is 3.71. The van der Waals surface area contributed by atoms with Crippen molar-refractivity contribution in [2.75, 3.05) is 0 Å². The highest BCUT2D eigenvalue weighted by Crippen LogP contribution is 2.19. The zero-order valence-electron chi connectivity index (χ0n) is 13.3. The maximum atomic E-state index is 12.5. The van der Waals surface area contributed by atoms with Crippen LogP contribution in [0.1, 0.15) is 36.7 Å². The van der Waals surface area contributed by atoms with Crippen LogP contribution < -0.4 is 11.1 Å². The van der Waals surface area contributed by atoms with Crippen molar-refractivity contribution in [3.05, 3.63) is 42.6 Å². The van der Waals surface area contributed by atoms with Gasteiger partial charge in [-0.15, -0.1) is 6.58 Å². The van der Waals surface area contributed by atoms with Crippen molar-refractivity contribution in [3.8, 4) is 0 Å². The molecule has 0 bridgehead atoms. The number of primary amides is 1. The molecule has 6 heteroatoms. The van der Waals surface area contributed by atoms with Crippen LogP contribution in [0.25, 0.3) is 10.9 Å². The molecule has 2 aromatic rings. The maximum absolute atomic E-state index is 12.5. The number of fused-ring (bicyclic) bond motifs is 1. The molecule has 2 amide bonds. The standard InChI is InChI=1S/C17H22N4O2/c1-3-5-8-11-21-14-10-7-6-9-12(14)15(20-21)17(23)19-13(4-2)16(18)22/h3,6-7,9-10,13H,1,4-5,8,11H2,2H3,(H2,18,22)(H,19,23)/t13-/m0/s1. The summed E-state index contributed by atoms with van der Waals surface area (Å²) in [5, 5.41) is 7.84. The molecule has 0 unspecified atom stereocenters. The van der Waals surface area contributed by atoms with Crippen molar-refractivity contribution in [1.29, 1.82) is 0 Å². The van der Waals surface area contributed by atoms with E-state index in [0.29, 0.717) is 18.7 Å². The van der Waals surface area contributed by atoms with E-state index in [2.05, 4.69) is 17.0 Å². The number of hydrogen-bond donors (Lipinski definition) is 2. The molecule has 0 fully saturated rings. The molecule has 23 heavy (non-hydrogen) atoms. The smallest absolute Gasteiger partial charge is 0.273 e. The van der Waals surface area contributed by atoms with Crippen LogP contribution in [0.4, 0.5) is 0 Å². The summed E-state index contributed by atoms with van der Waals surface area (Å²) in [6, 6.07) is 6.87. The van der Waals surface area contributed by atoms with E-state index in [4.69, 9.17) is 5.73 Å². The second-order valence-electron chi connectivity index (χ2n) is 5.36. The zero-order chi connectivity index (χ0) is 16.8. The van der Waals surface area contributed by atoms with Crippen molar-refractivity contribution >= 4 is 22.7 Å². The first-order chi connectivity index (χ1) is 11.1. The molecule has 1 heterocycles. The van der Waals surface area contributed by atoms with E-state index in [1.54, 1.807) is 6.92 Å². The number of carbonyl (C=O) groups excluding carboxylic acids is 2. The topological polar surface area (TPSA) is 90.0 Å². The third kappa shape index (κ3) is 3.77. The zero-order valence-corrected chi connectivity index (χ0v) is 13.3. The number of nitrogens with one attached hydrogen (secondary N) is 1. The van der Waals surface area contributed by atoms with Gasteiger partial charge in [0, 0.05) is 11.9 Å². The normalized spacial score (nSPS) is 12.0. The van der Waals surface area contributed by atoms with Gasteiger partial charge < -0.3 is 11.1 Å². The molecule has 2 rings (SSSR count). The average Bonchev–Trinajstić information content (AvgIpc) is 2.91. The van der Waals surface area contributed by atoms with Gasteiger partial charge in [0.1, 0.15) is 6.04 Å². The van der Waals surface area contributed by atoms with Crippen molar-refractivity contribution < 1.29 is 9.59 Å². The van der Waals surface area contributed by atoms with Crippen LogP contribution in [-0.4, -0.2) is 27.6 Å². The highest BCUT2D eigenvalue weighted by atomic mass is 16.2. The summed E-state index contributed by atoms with van der Waals surface area (Å²) in [7, 11) is 0. The van der Waals surface area contributed by atoms with Gasteiger partial charge in [-0.1, -0.05) is 31.2 Å². The number of hydrogen-bond acceptors (Lipinski definition) is 3. The van der Waals surface area contributed by atoms with E-state index in [9.17, 15) is 9.59 Å². The van der Waals surface area contributed by atoms with E-state index in [-0.39, 0.29) is 5.91 Å². The fraction of sp³-hybridized carbons (Fsp3) is 0.353. The number of allylic oxidation sites excluding steroid dienone is 1. The minimum absolute atomic E-state index is 0.318. The largest absolute Gasteiger partial charge is 0.368 e. The maximum Gasteiger partial charge on any atom is 0.273 e. The molecule has 3 N–H and O–H groups in total. The molecule has 0 aliphatic carbocycles. The molecule has 0 aliphatic heterocycles. The van der Waals surface area contributed by atoms with Crippen molar-refractivity contribution in [2.45, 2.75) is 38.8 Å². The number of aryl methyl sites for hydroxylation is 1. The van der Waals surface area contributed by atoms with E-state index in [1.165, 1.54) is 0 Å². The Labute approximate surface area is 135 Å². The Kier molecular flexibility index (Phi) is 5.51. The number of unbranched alkanes of at least 4 members (excludes halogenated alkanes) is 1. The van der Waals surface area contributed by atoms with Crippen LogP contribution in [0.5, 0.6) is 0 Å². The number of para-hydroxylation sites is 1. The molecule has 1 aromatic carbocycles. The summed E-state index contributed by atoms with van der Waals surface area (Å²) in [5.41, 5.74) is 6.50. The monoisotopic (exact) mass is 314 g/mol. The van der Waals surface area contributed by atoms with E-state index in [0.717, 1.165) is 23.7 Å². The second-order valence-corrected chi connectivity index (χ2v) is 5.36. The second kappa shape index (κ2) is 7.58. The lowest BCUT2D eigenvalue weighted by Crippen LogP contribution is -2.44. The van der Waals surface area contributed by atoms with Gasteiger partial charge in [-0.3, -0.25) is 14.3 Å².